The Morgan fingerprint density at radius 3 is 2.92 bits per heavy atom. The highest BCUT2D eigenvalue weighted by molar-refractivity contribution is 7.15. The minimum atomic E-state index is 0.475. The minimum Gasteiger partial charge on any atom is -0.375 e. The summed E-state index contributed by atoms with van der Waals surface area (Å²) in [4.78, 5) is 5.11. The summed E-state index contributed by atoms with van der Waals surface area (Å²) in [6.45, 7) is 0.680. The standard InChI is InChI=1S/C9H14N2OS/c10-9-11-5-8(13-9)6-12-7-3-1-2-4-7/h5,7H,1-4,6H2,(H2,10,11). The zero-order valence-corrected chi connectivity index (χ0v) is 8.35. The molecule has 0 aromatic carbocycles. The number of nitrogen functional groups attached to an aromatic ring is 1. The molecule has 0 spiro atoms. The summed E-state index contributed by atoms with van der Waals surface area (Å²) in [6, 6.07) is 0. The van der Waals surface area contributed by atoms with Crippen molar-refractivity contribution in [2.24, 2.45) is 0 Å². The molecule has 1 aliphatic rings. The van der Waals surface area contributed by atoms with E-state index in [1.165, 1.54) is 37.0 Å². The Labute approximate surface area is 81.9 Å². The fourth-order valence-electron chi connectivity index (χ4n) is 1.64. The van der Waals surface area contributed by atoms with Crippen molar-refractivity contribution < 1.29 is 4.74 Å². The van der Waals surface area contributed by atoms with E-state index in [2.05, 4.69) is 4.98 Å². The Morgan fingerprint density at radius 2 is 2.31 bits per heavy atom. The van der Waals surface area contributed by atoms with E-state index in [1.54, 1.807) is 6.20 Å². The van der Waals surface area contributed by atoms with E-state index in [0.717, 1.165) is 4.88 Å². The first-order valence-electron chi connectivity index (χ1n) is 4.66. The van der Waals surface area contributed by atoms with Gasteiger partial charge in [-0.25, -0.2) is 4.98 Å². The van der Waals surface area contributed by atoms with Crippen LogP contribution in [-0.4, -0.2) is 11.1 Å². The normalized spacial score (nSPS) is 18.2. The summed E-state index contributed by atoms with van der Waals surface area (Å²) >= 11 is 1.51. The first-order valence-corrected chi connectivity index (χ1v) is 5.48. The van der Waals surface area contributed by atoms with Crippen LogP contribution in [0.3, 0.4) is 0 Å². The first-order chi connectivity index (χ1) is 6.34. The van der Waals surface area contributed by atoms with Crippen LogP contribution in [0.2, 0.25) is 0 Å². The third-order valence-corrected chi connectivity index (χ3v) is 3.13. The summed E-state index contributed by atoms with van der Waals surface area (Å²) in [7, 11) is 0. The van der Waals surface area contributed by atoms with Crippen LogP contribution in [-0.2, 0) is 11.3 Å². The van der Waals surface area contributed by atoms with E-state index in [0.29, 0.717) is 17.8 Å². The molecule has 1 fully saturated rings. The van der Waals surface area contributed by atoms with Crippen LogP contribution in [0.1, 0.15) is 30.6 Å². The number of anilines is 1. The SMILES string of the molecule is Nc1ncc(COC2CCCC2)s1. The molecule has 0 unspecified atom stereocenters. The molecule has 0 radical (unpaired) electrons. The molecule has 1 aromatic rings. The third kappa shape index (κ3) is 2.42. The Bertz CT molecular complexity index is 268. The number of ether oxygens (including phenoxy) is 1. The molecule has 13 heavy (non-hydrogen) atoms. The number of thiazole rings is 1. The molecule has 1 heterocycles. The van der Waals surface area contributed by atoms with Crippen molar-refractivity contribution in [3.63, 3.8) is 0 Å². The molecule has 3 nitrogen and oxygen atoms in total. The van der Waals surface area contributed by atoms with E-state index in [-0.39, 0.29) is 0 Å². The summed E-state index contributed by atoms with van der Waals surface area (Å²) in [5, 5.41) is 0.630. The molecule has 1 aliphatic carbocycles. The van der Waals surface area contributed by atoms with E-state index in [1.807, 2.05) is 0 Å². The average molecular weight is 198 g/mol. The first kappa shape index (κ1) is 8.97. The molecule has 0 amide bonds. The molecular weight excluding hydrogens is 184 g/mol. The fraction of sp³-hybridized carbons (Fsp3) is 0.667. The molecule has 2 rings (SSSR count). The Hall–Kier alpha value is -0.610. The molecule has 0 aliphatic heterocycles. The van der Waals surface area contributed by atoms with Gasteiger partial charge in [0.2, 0.25) is 0 Å². The van der Waals surface area contributed by atoms with Crippen molar-refractivity contribution in [2.75, 3.05) is 5.73 Å². The van der Waals surface area contributed by atoms with Crippen molar-refractivity contribution in [2.45, 2.75) is 38.4 Å². The van der Waals surface area contributed by atoms with Crippen LogP contribution >= 0.6 is 11.3 Å². The van der Waals surface area contributed by atoms with Gasteiger partial charge in [0.05, 0.1) is 17.6 Å². The summed E-state index contributed by atoms with van der Waals surface area (Å²) < 4.78 is 5.72. The maximum Gasteiger partial charge on any atom is 0.180 e. The van der Waals surface area contributed by atoms with Gasteiger partial charge in [0.1, 0.15) is 0 Å². The molecule has 0 bridgehead atoms. The van der Waals surface area contributed by atoms with Gasteiger partial charge in [-0.05, 0) is 12.8 Å². The number of rotatable bonds is 3. The molecule has 2 N–H and O–H groups in total. The number of nitrogens with two attached hydrogens (primary N) is 1. The maximum atomic E-state index is 5.72. The van der Waals surface area contributed by atoms with Gasteiger partial charge in [-0.15, -0.1) is 0 Å². The minimum absolute atomic E-state index is 0.475. The highest BCUT2D eigenvalue weighted by atomic mass is 32.1. The van der Waals surface area contributed by atoms with Gasteiger partial charge in [0, 0.05) is 6.20 Å². The Morgan fingerprint density at radius 1 is 1.54 bits per heavy atom. The Kier molecular flexibility index (Phi) is 2.80. The second-order valence-corrected chi connectivity index (χ2v) is 4.53. The lowest BCUT2D eigenvalue weighted by Gasteiger charge is -2.08. The lowest BCUT2D eigenvalue weighted by atomic mass is 10.3. The molecule has 72 valence electrons. The van der Waals surface area contributed by atoms with Crippen LogP contribution in [0.25, 0.3) is 0 Å². The van der Waals surface area contributed by atoms with Gasteiger partial charge in [-0.1, -0.05) is 24.2 Å². The molecule has 0 saturated heterocycles. The molecular formula is C9H14N2OS. The Balaban J connectivity index is 1.78. The maximum absolute atomic E-state index is 5.72. The smallest absolute Gasteiger partial charge is 0.180 e. The van der Waals surface area contributed by atoms with E-state index in [4.69, 9.17) is 10.5 Å². The van der Waals surface area contributed by atoms with Crippen LogP contribution in [0, 0.1) is 0 Å². The van der Waals surface area contributed by atoms with Crippen molar-refractivity contribution in [3.05, 3.63) is 11.1 Å². The predicted octanol–water partition coefficient (Wildman–Crippen LogP) is 2.18. The van der Waals surface area contributed by atoms with Crippen LogP contribution in [0.4, 0.5) is 5.13 Å². The lowest BCUT2D eigenvalue weighted by Crippen LogP contribution is -2.06. The van der Waals surface area contributed by atoms with Gasteiger partial charge in [-0.2, -0.15) is 0 Å². The summed E-state index contributed by atoms with van der Waals surface area (Å²) in [6.07, 6.45) is 7.34. The second-order valence-electron chi connectivity index (χ2n) is 3.38. The zero-order valence-electron chi connectivity index (χ0n) is 7.53. The van der Waals surface area contributed by atoms with E-state index < -0.39 is 0 Å². The lowest BCUT2D eigenvalue weighted by molar-refractivity contribution is 0.0472. The highest BCUT2D eigenvalue weighted by Crippen LogP contribution is 2.23. The zero-order chi connectivity index (χ0) is 9.10. The third-order valence-electron chi connectivity index (χ3n) is 2.33. The van der Waals surface area contributed by atoms with Crippen molar-refractivity contribution in [1.29, 1.82) is 0 Å². The van der Waals surface area contributed by atoms with Crippen LogP contribution in [0.5, 0.6) is 0 Å². The second kappa shape index (κ2) is 4.07. The van der Waals surface area contributed by atoms with Crippen LogP contribution < -0.4 is 5.73 Å². The molecule has 0 atom stereocenters. The van der Waals surface area contributed by atoms with Crippen molar-refractivity contribution >= 4 is 16.5 Å². The number of hydrogen-bond acceptors (Lipinski definition) is 4. The molecule has 1 saturated carbocycles. The average Bonchev–Trinajstić information content (AvgIpc) is 2.71. The number of nitrogens with zero attached hydrogens (tertiary/aromatic N) is 1. The van der Waals surface area contributed by atoms with Crippen molar-refractivity contribution in [3.8, 4) is 0 Å². The van der Waals surface area contributed by atoms with E-state index >= 15 is 0 Å². The topological polar surface area (TPSA) is 48.1 Å². The quantitative estimate of drug-likeness (QED) is 0.809. The predicted molar refractivity (Wildman–Crippen MR) is 53.6 cm³/mol. The molecule has 4 heteroatoms. The monoisotopic (exact) mass is 198 g/mol. The summed E-state index contributed by atoms with van der Waals surface area (Å²) in [5.74, 6) is 0. The van der Waals surface area contributed by atoms with Gasteiger partial charge < -0.3 is 10.5 Å². The van der Waals surface area contributed by atoms with Gasteiger partial charge >= 0.3 is 0 Å². The highest BCUT2D eigenvalue weighted by Gasteiger charge is 2.15. The van der Waals surface area contributed by atoms with Crippen LogP contribution in [0.15, 0.2) is 6.20 Å². The largest absolute Gasteiger partial charge is 0.375 e. The fourth-order valence-corrected chi connectivity index (χ4v) is 2.25. The number of hydrogen-bond donors (Lipinski definition) is 1. The van der Waals surface area contributed by atoms with Gasteiger partial charge in [0.15, 0.2) is 5.13 Å². The summed E-state index contributed by atoms with van der Waals surface area (Å²) in [5.41, 5.74) is 5.51. The molecule has 1 aromatic heterocycles. The number of aromatic nitrogens is 1. The van der Waals surface area contributed by atoms with Gasteiger partial charge in [0.25, 0.3) is 0 Å². The van der Waals surface area contributed by atoms with Gasteiger partial charge in [-0.3, -0.25) is 0 Å². The van der Waals surface area contributed by atoms with E-state index in [9.17, 15) is 0 Å². The van der Waals surface area contributed by atoms with Crippen molar-refractivity contribution in [1.82, 2.24) is 4.98 Å².